The molecule has 4 rings (SSSR count). The molecule has 3 aromatic heterocycles. The first-order valence-corrected chi connectivity index (χ1v) is 6.75. The number of benzene rings is 1. The van der Waals surface area contributed by atoms with Gasteiger partial charge in [-0.3, -0.25) is 9.67 Å². The third-order valence-electron chi connectivity index (χ3n) is 3.52. The second kappa shape index (κ2) is 4.70. The van der Waals surface area contributed by atoms with Crippen molar-refractivity contribution < 1.29 is 4.39 Å². The average molecular weight is 293 g/mol. The molecule has 2 N–H and O–H groups in total. The number of fused-ring (bicyclic) bond motifs is 1. The number of halogens is 1. The van der Waals surface area contributed by atoms with Crippen molar-refractivity contribution in [2.75, 3.05) is 5.73 Å². The van der Waals surface area contributed by atoms with Crippen LogP contribution in [0.4, 0.5) is 10.1 Å². The molecule has 3 heterocycles. The van der Waals surface area contributed by atoms with Gasteiger partial charge in [-0.05, 0) is 30.3 Å². The Labute approximate surface area is 125 Å². The molecule has 108 valence electrons. The summed E-state index contributed by atoms with van der Waals surface area (Å²) in [5.74, 6) is -0.350. The lowest BCUT2D eigenvalue weighted by Crippen LogP contribution is -2.06. The molecular formula is C16H12FN5. The summed E-state index contributed by atoms with van der Waals surface area (Å²) in [4.78, 5) is 8.48. The number of anilines is 1. The van der Waals surface area contributed by atoms with E-state index >= 15 is 0 Å². The van der Waals surface area contributed by atoms with Gasteiger partial charge in [-0.25, -0.2) is 13.9 Å². The molecule has 0 bridgehead atoms. The predicted octanol–water partition coefficient (Wildman–Crippen LogP) is 2.91. The van der Waals surface area contributed by atoms with Gasteiger partial charge in [-0.15, -0.1) is 0 Å². The van der Waals surface area contributed by atoms with E-state index in [1.807, 2.05) is 22.7 Å². The molecule has 0 radical (unpaired) electrons. The lowest BCUT2D eigenvalue weighted by atomic mass is 10.2. The monoisotopic (exact) mass is 293 g/mol. The zero-order chi connectivity index (χ0) is 15.1. The fourth-order valence-corrected chi connectivity index (χ4v) is 2.51. The molecule has 0 saturated heterocycles. The number of nitrogens with two attached hydrogens (primary N) is 1. The third-order valence-corrected chi connectivity index (χ3v) is 3.52. The highest BCUT2D eigenvalue weighted by atomic mass is 19.1. The van der Waals surface area contributed by atoms with Crippen LogP contribution in [-0.4, -0.2) is 19.2 Å². The molecule has 0 spiro atoms. The molecule has 6 heteroatoms. The van der Waals surface area contributed by atoms with Gasteiger partial charge in [0.05, 0.1) is 11.9 Å². The van der Waals surface area contributed by atoms with Crippen LogP contribution in [0.15, 0.2) is 61.2 Å². The molecule has 0 aliphatic heterocycles. The predicted molar refractivity (Wildman–Crippen MR) is 82.1 cm³/mol. The van der Waals surface area contributed by atoms with Crippen molar-refractivity contribution in [3.63, 3.8) is 0 Å². The maximum absolute atomic E-state index is 14.2. The summed E-state index contributed by atoms with van der Waals surface area (Å²) in [6, 6.07) is 10.1. The minimum absolute atomic E-state index is 0.350. The van der Waals surface area contributed by atoms with Gasteiger partial charge in [0.15, 0.2) is 5.65 Å². The van der Waals surface area contributed by atoms with Crippen LogP contribution in [-0.2, 0) is 0 Å². The molecule has 0 aliphatic carbocycles. The molecule has 22 heavy (non-hydrogen) atoms. The highest BCUT2D eigenvalue weighted by molar-refractivity contribution is 5.63. The molecule has 0 unspecified atom stereocenters. The van der Waals surface area contributed by atoms with E-state index in [1.54, 1.807) is 35.5 Å². The second-order valence-corrected chi connectivity index (χ2v) is 4.93. The third kappa shape index (κ3) is 1.85. The molecule has 5 nitrogen and oxygen atoms in total. The van der Waals surface area contributed by atoms with Crippen LogP contribution in [0.2, 0.25) is 0 Å². The maximum Gasteiger partial charge on any atom is 0.154 e. The van der Waals surface area contributed by atoms with E-state index in [4.69, 9.17) is 5.73 Å². The molecular weight excluding hydrogens is 281 g/mol. The van der Waals surface area contributed by atoms with Crippen LogP contribution in [0.3, 0.4) is 0 Å². The van der Waals surface area contributed by atoms with Gasteiger partial charge in [0.25, 0.3) is 0 Å². The van der Waals surface area contributed by atoms with Gasteiger partial charge >= 0.3 is 0 Å². The van der Waals surface area contributed by atoms with E-state index in [0.29, 0.717) is 11.4 Å². The zero-order valence-corrected chi connectivity index (χ0v) is 11.5. The summed E-state index contributed by atoms with van der Waals surface area (Å²) in [7, 11) is 0. The van der Waals surface area contributed by atoms with E-state index in [2.05, 4.69) is 9.97 Å². The Morgan fingerprint density at radius 3 is 2.82 bits per heavy atom. The lowest BCUT2D eigenvalue weighted by molar-refractivity contribution is 0.606. The number of pyridine rings is 1. The smallest absolute Gasteiger partial charge is 0.154 e. The Kier molecular flexibility index (Phi) is 2.69. The molecule has 4 aromatic rings. The molecule has 0 aliphatic rings. The summed E-state index contributed by atoms with van der Waals surface area (Å²) in [6.45, 7) is 0. The standard InChI is InChI=1S/C16H12FN5/c17-13-4-3-12(18)8-14(13)21-7-5-16-20-10-15(22(16)21)11-2-1-6-19-9-11/h1-10H,18H2. The first-order chi connectivity index (χ1) is 10.7. The zero-order valence-electron chi connectivity index (χ0n) is 11.5. The van der Waals surface area contributed by atoms with Gasteiger partial charge in [-0.2, -0.15) is 0 Å². The molecule has 1 aromatic carbocycles. The summed E-state index contributed by atoms with van der Waals surface area (Å²) in [5.41, 5.74) is 9.12. The summed E-state index contributed by atoms with van der Waals surface area (Å²) in [5, 5.41) is 0. The maximum atomic E-state index is 14.2. The Balaban J connectivity index is 2.00. The van der Waals surface area contributed by atoms with E-state index in [-0.39, 0.29) is 5.82 Å². The molecule has 0 saturated carbocycles. The quantitative estimate of drug-likeness (QED) is 0.578. The van der Waals surface area contributed by atoms with Crippen LogP contribution in [0.1, 0.15) is 0 Å². The average Bonchev–Trinajstić information content (AvgIpc) is 3.12. The Morgan fingerprint density at radius 2 is 2.00 bits per heavy atom. The largest absolute Gasteiger partial charge is 0.399 e. The van der Waals surface area contributed by atoms with Crippen molar-refractivity contribution in [3.05, 3.63) is 67.0 Å². The van der Waals surface area contributed by atoms with Crippen LogP contribution in [0.25, 0.3) is 22.6 Å². The van der Waals surface area contributed by atoms with Crippen molar-refractivity contribution >= 4 is 11.3 Å². The Hall–Kier alpha value is -3.15. The number of hydrogen-bond donors (Lipinski definition) is 1. The fraction of sp³-hybridized carbons (Fsp3) is 0. The van der Waals surface area contributed by atoms with Crippen molar-refractivity contribution in [2.24, 2.45) is 0 Å². The van der Waals surface area contributed by atoms with Crippen LogP contribution >= 0.6 is 0 Å². The first-order valence-electron chi connectivity index (χ1n) is 6.75. The van der Waals surface area contributed by atoms with Crippen LogP contribution in [0.5, 0.6) is 0 Å². The van der Waals surface area contributed by atoms with Crippen molar-refractivity contribution in [1.29, 1.82) is 0 Å². The van der Waals surface area contributed by atoms with Crippen molar-refractivity contribution in [3.8, 4) is 16.9 Å². The lowest BCUT2D eigenvalue weighted by Gasteiger charge is -2.10. The van der Waals surface area contributed by atoms with Gasteiger partial charge < -0.3 is 5.73 Å². The van der Waals surface area contributed by atoms with E-state index in [1.165, 1.54) is 12.1 Å². The molecule has 0 fully saturated rings. The minimum Gasteiger partial charge on any atom is -0.399 e. The van der Waals surface area contributed by atoms with E-state index in [9.17, 15) is 4.39 Å². The second-order valence-electron chi connectivity index (χ2n) is 4.93. The number of nitrogens with zero attached hydrogens (tertiary/aromatic N) is 4. The minimum atomic E-state index is -0.350. The summed E-state index contributed by atoms with van der Waals surface area (Å²) < 4.78 is 17.7. The summed E-state index contributed by atoms with van der Waals surface area (Å²) in [6.07, 6.45) is 6.96. The Bertz CT molecular complexity index is 955. The number of rotatable bonds is 2. The highest BCUT2D eigenvalue weighted by Gasteiger charge is 2.13. The molecule has 0 amide bonds. The number of aromatic nitrogens is 4. The van der Waals surface area contributed by atoms with E-state index in [0.717, 1.165) is 16.9 Å². The van der Waals surface area contributed by atoms with Gasteiger partial charge in [0.2, 0.25) is 0 Å². The summed E-state index contributed by atoms with van der Waals surface area (Å²) >= 11 is 0. The van der Waals surface area contributed by atoms with Crippen LogP contribution < -0.4 is 5.73 Å². The Morgan fingerprint density at radius 1 is 1.09 bits per heavy atom. The van der Waals surface area contributed by atoms with Crippen molar-refractivity contribution in [2.45, 2.75) is 0 Å². The highest BCUT2D eigenvalue weighted by Crippen LogP contribution is 2.24. The number of nitrogen functional groups attached to an aromatic ring is 1. The SMILES string of the molecule is Nc1ccc(F)c(-n2ccc3ncc(-c4cccnc4)n32)c1. The normalized spacial score (nSPS) is 11.1. The topological polar surface area (TPSA) is 61.1 Å². The van der Waals surface area contributed by atoms with Gasteiger partial charge in [0, 0.05) is 35.9 Å². The molecule has 0 atom stereocenters. The van der Waals surface area contributed by atoms with Crippen molar-refractivity contribution in [1.82, 2.24) is 19.2 Å². The van der Waals surface area contributed by atoms with Crippen LogP contribution in [0, 0.1) is 5.82 Å². The fourth-order valence-electron chi connectivity index (χ4n) is 2.51. The number of imidazole rings is 1. The van der Waals surface area contributed by atoms with Gasteiger partial charge in [-0.1, -0.05) is 0 Å². The first kappa shape index (κ1) is 12.6. The van der Waals surface area contributed by atoms with E-state index < -0.39 is 0 Å². The van der Waals surface area contributed by atoms with Gasteiger partial charge in [0.1, 0.15) is 11.5 Å². The number of hydrogen-bond acceptors (Lipinski definition) is 3.